The molecule has 2 nitrogen and oxygen atoms in total. The summed E-state index contributed by atoms with van der Waals surface area (Å²) in [5.74, 6) is 2.71. The van der Waals surface area contributed by atoms with Crippen molar-refractivity contribution in [1.29, 1.82) is 0 Å². The van der Waals surface area contributed by atoms with Crippen LogP contribution in [0.15, 0.2) is 36.4 Å². The van der Waals surface area contributed by atoms with Crippen molar-refractivity contribution in [3.63, 3.8) is 0 Å². The minimum Gasteiger partial charge on any atom is -0.489 e. The largest absolute Gasteiger partial charge is 0.489 e. The van der Waals surface area contributed by atoms with E-state index in [9.17, 15) is 0 Å². The summed E-state index contributed by atoms with van der Waals surface area (Å²) in [7, 11) is 0. The monoisotopic (exact) mass is 272 g/mol. The van der Waals surface area contributed by atoms with Crippen LogP contribution in [0.2, 0.25) is 0 Å². The molecule has 2 rings (SSSR count). The highest BCUT2D eigenvalue weighted by Crippen LogP contribution is 2.36. The molecule has 0 heterocycles. The fourth-order valence-corrected chi connectivity index (χ4v) is 1.99. The van der Waals surface area contributed by atoms with Crippen LogP contribution < -0.4 is 9.47 Å². The first kappa shape index (κ1) is 14.7. The molecule has 0 N–H and O–H groups in total. The van der Waals surface area contributed by atoms with Crippen molar-refractivity contribution in [2.75, 3.05) is 13.2 Å². The van der Waals surface area contributed by atoms with Gasteiger partial charge in [-0.3, -0.25) is 0 Å². The molecule has 0 aliphatic carbocycles. The van der Waals surface area contributed by atoms with Gasteiger partial charge in [-0.25, -0.2) is 0 Å². The number of benzene rings is 2. The molecule has 0 radical (unpaired) electrons. The lowest BCUT2D eigenvalue weighted by atomic mass is 10.1. The van der Waals surface area contributed by atoms with Crippen LogP contribution in [0.5, 0.6) is 11.5 Å². The summed E-state index contributed by atoms with van der Waals surface area (Å²) in [6.45, 7) is 10.0. The van der Waals surface area contributed by atoms with Gasteiger partial charge in [0.1, 0.15) is 0 Å². The highest BCUT2D eigenvalue weighted by molar-refractivity contribution is 5.90. The molecular weight excluding hydrogens is 248 g/mol. The van der Waals surface area contributed by atoms with E-state index in [4.69, 9.17) is 9.47 Å². The zero-order chi connectivity index (χ0) is 14.5. The molecule has 0 aliphatic rings. The van der Waals surface area contributed by atoms with E-state index in [1.54, 1.807) is 0 Å². The second-order valence-electron chi connectivity index (χ2n) is 6.02. The molecule has 20 heavy (non-hydrogen) atoms. The smallest absolute Gasteiger partial charge is 0.168 e. The van der Waals surface area contributed by atoms with Crippen molar-refractivity contribution >= 4 is 10.8 Å². The van der Waals surface area contributed by atoms with Gasteiger partial charge in [0.05, 0.1) is 13.2 Å². The Bertz CT molecular complexity index is 558. The fraction of sp³-hybridized carbons (Fsp3) is 0.444. The molecule has 2 heteroatoms. The van der Waals surface area contributed by atoms with Crippen molar-refractivity contribution in [3.8, 4) is 11.5 Å². The number of hydrogen-bond donors (Lipinski definition) is 0. The molecule has 0 unspecified atom stereocenters. The molecule has 0 bridgehead atoms. The lowest BCUT2D eigenvalue weighted by molar-refractivity contribution is 0.231. The highest BCUT2D eigenvalue weighted by atomic mass is 16.5. The lowest BCUT2D eigenvalue weighted by Gasteiger charge is -2.17. The highest BCUT2D eigenvalue weighted by Gasteiger charge is 2.11. The normalized spacial score (nSPS) is 11.3. The molecule has 0 saturated carbocycles. The lowest BCUT2D eigenvalue weighted by Crippen LogP contribution is -2.09. The van der Waals surface area contributed by atoms with Gasteiger partial charge in [-0.2, -0.15) is 0 Å². The van der Waals surface area contributed by atoms with E-state index in [0.717, 1.165) is 16.9 Å². The van der Waals surface area contributed by atoms with Crippen molar-refractivity contribution in [2.24, 2.45) is 11.8 Å². The quantitative estimate of drug-likeness (QED) is 0.744. The first-order valence-corrected chi connectivity index (χ1v) is 7.35. The van der Waals surface area contributed by atoms with Gasteiger partial charge in [-0.05, 0) is 23.3 Å². The topological polar surface area (TPSA) is 18.5 Å². The maximum Gasteiger partial charge on any atom is 0.168 e. The summed E-state index contributed by atoms with van der Waals surface area (Å²) >= 11 is 0. The standard InChI is InChI=1S/C18H24O2/c1-13(2)11-19-17-10-9-15-7-5-6-8-16(15)18(17)20-12-14(3)4/h5-10,13-14H,11-12H2,1-4H3. The van der Waals surface area contributed by atoms with Gasteiger partial charge in [0.15, 0.2) is 11.5 Å². The van der Waals surface area contributed by atoms with Crippen LogP contribution in [0.1, 0.15) is 27.7 Å². The molecule has 0 fully saturated rings. The van der Waals surface area contributed by atoms with E-state index in [1.165, 1.54) is 5.39 Å². The van der Waals surface area contributed by atoms with Crippen molar-refractivity contribution in [1.82, 2.24) is 0 Å². The van der Waals surface area contributed by atoms with Crippen LogP contribution in [0.4, 0.5) is 0 Å². The Morgan fingerprint density at radius 3 is 2.15 bits per heavy atom. The molecule has 0 saturated heterocycles. The van der Waals surface area contributed by atoms with Crippen LogP contribution in [-0.4, -0.2) is 13.2 Å². The Hall–Kier alpha value is -1.70. The van der Waals surface area contributed by atoms with E-state index in [0.29, 0.717) is 25.0 Å². The number of fused-ring (bicyclic) bond motifs is 1. The van der Waals surface area contributed by atoms with Crippen LogP contribution in [0.3, 0.4) is 0 Å². The average Bonchev–Trinajstić information content (AvgIpc) is 2.42. The number of hydrogen-bond acceptors (Lipinski definition) is 2. The maximum atomic E-state index is 6.02. The van der Waals surface area contributed by atoms with Gasteiger partial charge in [-0.1, -0.05) is 58.0 Å². The molecule has 0 aliphatic heterocycles. The number of ether oxygens (including phenoxy) is 2. The molecule has 0 amide bonds. The van der Waals surface area contributed by atoms with Crippen molar-refractivity contribution in [3.05, 3.63) is 36.4 Å². The summed E-state index contributed by atoms with van der Waals surface area (Å²) in [4.78, 5) is 0. The van der Waals surface area contributed by atoms with Gasteiger partial charge < -0.3 is 9.47 Å². The Morgan fingerprint density at radius 2 is 1.45 bits per heavy atom. The maximum absolute atomic E-state index is 6.02. The zero-order valence-electron chi connectivity index (χ0n) is 12.8. The third kappa shape index (κ3) is 3.66. The molecule has 0 aromatic heterocycles. The molecule has 0 atom stereocenters. The summed E-state index contributed by atoms with van der Waals surface area (Å²) in [6, 6.07) is 12.4. The first-order chi connectivity index (χ1) is 9.58. The van der Waals surface area contributed by atoms with Gasteiger partial charge in [0.25, 0.3) is 0 Å². The van der Waals surface area contributed by atoms with Crippen molar-refractivity contribution < 1.29 is 9.47 Å². The predicted octanol–water partition coefficient (Wildman–Crippen LogP) is 4.91. The van der Waals surface area contributed by atoms with E-state index in [2.05, 4.69) is 45.9 Å². The van der Waals surface area contributed by atoms with Crippen LogP contribution in [0, 0.1) is 11.8 Å². The number of rotatable bonds is 6. The van der Waals surface area contributed by atoms with E-state index >= 15 is 0 Å². The predicted molar refractivity (Wildman–Crippen MR) is 84.6 cm³/mol. The average molecular weight is 272 g/mol. The summed E-state index contributed by atoms with van der Waals surface area (Å²) in [6.07, 6.45) is 0. The molecule has 2 aromatic rings. The third-order valence-electron chi connectivity index (χ3n) is 2.98. The van der Waals surface area contributed by atoms with Crippen LogP contribution >= 0.6 is 0 Å². The minimum atomic E-state index is 0.493. The minimum absolute atomic E-state index is 0.493. The van der Waals surface area contributed by atoms with Gasteiger partial charge in [0.2, 0.25) is 0 Å². The van der Waals surface area contributed by atoms with Gasteiger partial charge >= 0.3 is 0 Å². The SMILES string of the molecule is CC(C)COc1ccc2ccccc2c1OCC(C)C. The second-order valence-corrected chi connectivity index (χ2v) is 6.02. The van der Waals surface area contributed by atoms with Gasteiger partial charge in [0, 0.05) is 5.39 Å². The summed E-state index contributed by atoms with van der Waals surface area (Å²) in [5.41, 5.74) is 0. The Morgan fingerprint density at radius 1 is 0.800 bits per heavy atom. The van der Waals surface area contributed by atoms with Gasteiger partial charge in [-0.15, -0.1) is 0 Å². The van der Waals surface area contributed by atoms with E-state index in [-0.39, 0.29) is 0 Å². The van der Waals surface area contributed by atoms with Crippen molar-refractivity contribution in [2.45, 2.75) is 27.7 Å². The second kappa shape index (κ2) is 6.65. The fourth-order valence-electron chi connectivity index (χ4n) is 1.99. The third-order valence-corrected chi connectivity index (χ3v) is 2.98. The van der Waals surface area contributed by atoms with E-state index < -0.39 is 0 Å². The summed E-state index contributed by atoms with van der Waals surface area (Å²) in [5, 5.41) is 2.30. The van der Waals surface area contributed by atoms with E-state index in [1.807, 2.05) is 18.2 Å². The molecule has 2 aromatic carbocycles. The molecule has 0 spiro atoms. The summed E-state index contributed by atoms with van der Waals surface area (Å²) < 4.78 is 11.9. The zero-order valence-corrected chi connectivity index (χ0v) is 12.8. The Labute approximate surface area is 121 Å². The first-order valence-electron chi connectivity index (χ1n) is 7.35. The van der Waals surface area contributed by atoms with Crippen LogP contribution in [-0.2, 0) is 0 Å². The Kier molecular flexibility index (Phi) is 4.89. The molecular formula is C18H24O2. The van der Waals surface area contributed by atoms with Crippen LogP contribution in [0.25, 0.3) is 10.8 Å². The Balaban J connectivity index is 2.36. The molecule has 108 valence electrons.